The van der Waals surface area contributed by atoms with Gasteiger partial charge in [-0.1, -0.05) is 60.7 Å². The SMILES string of the molecule is COC(=O)c1ccc([C@H](Cc2ccccc2)NC(=O)OCc2ccccc2)o1. The molecule has 6 heteroatoms. The number of hydrogen-bond donors (Lipinski definition) is 1. The van der Waals surface area contributed by atoms with E-state index in [0.717, 1.165) is 11.1 Å². The summed E-state index contributed by atoms with van der Waals surface area (Å²) in [7, 11) is 1.28. The van der Waals surface area contributed by atoms with Crippen molar-refractivity contribution in [3.8, 4) is 0 Å². The molecule has 0 aliphatic rings. The second kappa shape index (κ2) is 9.41. The summed E-state index contributed by atoms with van der Waals surface area (Å²) in [5.41, 5.74) is 1.90. The monoisotopic (exact) mass is 379 g/mol. The fourth-order valence-electron chi connectivity index (χ4n) is 2.73. The molecule has 1 atom stereocenters. The number of hydrogen-bond acceptors (Lipinski definition) is 5. The minimum atomic E-state index is -0.573. The number of esters is 1. The molecule has 0 aliphatic carbocycles. The van der Waals surface area contributed by atoms with Crippen LogP contribution >= 0.6 is 0 Å². The quantitative estimate of drug-likeness (QED) is 0.620. The van der Waals surface area contributed by atoms with Gasteiger partial charge in [0, 0.05) is 6.42 Å². The second-order valence-corrected chi connectivity index (χ2v) is 6.14. The predicted molar refractivity (Wildman–Crippen MR) is 103 cm³/mol. The molecule has 1 N–H and O–H groups in total. The lowest BCUT2D eigenvalue weighted by Gasteiger charge is -2.17. The third-order valence-electron chi connectivity index (χ3n) is 4.14. The molecule has 28 heavy (non-hydrogen) atoms. The van der Waals surface area contributed by atoms with Crippen molar-refractivity contribution in [2.75, 3.05) is 7.11 Å². The van der Waals surface area contributed by atoms with Crippen molar-refractivity contribution in [3.05, 3.63) is 95.4 Å². The van der Waals surface area contributed by atoms with Crippen LogP contribution < -0.4 is 5.32 Å². The first-order valence-electron chi connectivity index (χ1n) is 8.85. The van der Waals surface area contributed by atoms with Crippen LogP contribution in [0.1, 0.15) is 33.5 Å². The topological polar surface area (TPSA) is 77.8 Å². The summed E-state index contributed by atoms with van der Waals surface area (Å²) in [5.74, 6) is -0.0488. The average molecular weight is 379 g/mol. The maximum Gasteiger partial charge on any atom is 0.408 e. The van der Waals surface area contributed by atoms with Gasteiger partial charge in [-0.25, -0.2) is 9.59 Å². The Labute approximate surface area is 163 Å². The normalized spacial score (nSPS) is 11.5. The van der Waals surface area contributed by atoms with E-state index in [9.17, 15) is 9.59 Å². The van der Waals surface area contributed by atoms with Gasteiger partial charge < -0.3 is 19.2 Å². The highest BCUT2D eigenvalue weighted by Crippen LogP contribution is 2.22. The standard InChI is InChI=1S/C22H21NO5/c1-26-21(24)20-13-12-19(28-20)18(14-16-8-4-2-5-9-16)23-22(25)27-15-17-10-6-3-7-11-17/h2-13,18H,14-15H2,1H3,(H,23,25)/t18-/m0/s1. The molecule has 6 nitrogen and oxygen atoms in total. The van der Waals surface area contributed by atoms with Gasteiger partial charge in [-0.05, 0) is 23.3 Å². The molecule has 3 aromatic rings. The molecular formula is C22H21NO5. The van der Waals surface area contributed by atoms with Gasteiger partial charge >= 0.3 is 12.1 Å². The van der Waals surface area contributed by atoms with Crippen LogP contribution in [0.3, 0.4) is 0 Å². The third kappa shape index (κ3) is 5.23. The highest BCUT2D eigenvalue weighted by molar-refractivity contribution is 5.86. The average Bonchev–Trinajstić information content (AvgIpc) is 3.23. The van der Waals surface area contributed by atoms with Gasteiger partial charge in [0.15, 0.2) is 0 Å². The van der Waals surface area contributed by atoms with Crippen LogP contribution in [-0.4, -0.2) is 19.2 Å². The summed E-state index contributed by atoms with van der Waals surface area (Å²) in [6, 6.07) is 21.8. The van der Waals surface area contributed by atoms with Crippen LogP contribution in [0.15, 0.2) is 77.2 Å². The van der Waals surface area contributed by atoms with Gasteiger partial charge in [0.2, 0.25) is 5.76 Å². The van der Waals surface area contributed by atoms with Crippen LogP contribution in [0.5, 0.6) is 0 Å². The number of nitrogens with one attached hydrogen (secondary N) is 1. The number of carbonyl (C=O) groups is 2. The first-order valence-corrected chi connectivity index (χ1v) is 8.85. The lowest BCUT2D eigenvalue weighted by Crippen LogP contribution is -2.30. The Bertz CT molecular complexity index is 905. The Morgan fingerprint density at radius 2 is 1.57 bits per heavy atom. The Balaban J connectivity index is 1.71. The lowest BCUT2D eigenvalue weighted by molar-refractivity contribution is 0.0562. The van der Waals surface area contributed by atoms with E-state index in [1.54, 1.807) is 6.07 Å². The van der Waals surface area contributed by atoms with Crippen molar-refractivity contribution in [1.29, 1.82) is 0 Å². The Kier molecular flexibility index (Phi) is 6.46. The summed E-state index contributed by atoms with van der Waals surface area (Å²) in [5, 5.41) is 2.82. The Hall–Kier alpha value is -3.54. The molecule has 2 aromatic carbocycles. The van der Waals surface area contributed by atoms with Crippen LogP contribution in [-0.2, 0) is 22.5 Å². The molecular weight excluding hydrogens is 358 g/mol. The first-order chi connectivity index (χ1) is 13.7. The van der Waals surface area contributed by atoms with Gasteiger partial charge in [-0.3, -0.25) is 0 Å². The molecule has 1 heterocycles. The summed E-state index contributed by atoms with van der Waals surface area (Å²) in [4.78, 5) is 24.0. The van der Waals surface area contributed by atoms with Crippen LogP contribution in [0.25, 0.3) is 0 Å². The minimum Gasteiger partial charge on any atom is -0.463 e. The molecule has 0 aliphatic heterocycles. The molecule has 144 valence electrons. The minimum absolute atomic E-state index is 0.0787. The summed E-state index contributed by atoms with van der Waals surface area (Å²) in [6.45, 7) is 0.163. The van der Waals surface area contributed by atoms with Gasteiger partial charge in [-0.15, -0.1) is 0 Å². The number of amides is 1. The van der Waals surface area contributed by atoms with Crippen molar-refractivity contribution in [3.63, 3.8) is 0 Å². The van der Waals surface area contributed by atoms with E-state index in [1.807, 2.05) is 60.7 Å². The van der Waals surface area contributed by atoms with E-state index in [1.165, 1.54) is 13.2 Å². The zero-order chi connectivity index (χ0) is 19.8. The number of ether oxygens (including phenoxy) is 2. The number of alkyl carbamates (subject to hydrolysis) is 1. The van der Waals surface area contributed by atoms with E-state index in [-0.39, 0.29) is 12.4 Å². The molecule has 3 rings (SSSR count). The smallest absolute Gasteiger partial charge is 0.408 e. The van der Waals surface area contributed by atoms with Crippen molar-refractivity contribution < 1.29 is 23.5 Å². The number of benzene rings is 2. The number of methoxy groups -OCH3 is 1. The van der Waals surface area contributed by atoms with E-state index in [2.05, 4.69) is 10.1 Å². The van der Waals surface area contributed by atoms with E-state index < -0.39 is 18.1 Å². The van der Waals surface area contributed by atoms with Gasteiger partial charge in [0.1, 0.15) is 12.4 Å². The van der Waals surface area contributed by atoms with Gasteiger partial charge in [-0.2, -0.15) is 0 Å². The maximum atomic E-state index is 12.3. The molecule has 0 bridgehead atoms. The third-order valence-corrected chi connectivity index (χ3v) is 4.14. The largest absolute Gasteiger partial charge is 0.463 e. The molecule has 0 fully saturated rings. The molecule has 0 radical (unpaired) electrons. The maximum absolute atomic E-state index is 12.3. The highest BCUT2D eigenvalue weighted by atomic mass is 16.5. The predicted octanol–water partition coefficient (Wildman–Crippen LogP) is 4.28. The van der Waals surface area contributed by atoms with Gasteiger partial charge in [0.25, 0.3) is 0 Å². The number of furan rings is 1. The fraction of sp³-hybridized carbons (Fsp3) is 0.182. The number of rotatable bonds is 7. The van der Waals surface area contributed by atoms with E-state index >= 15 is 0 Å². The molecule has 1 amide bonds. The summed E-state index contributed by atoms with van der Waals surface area (Å²) >= 11 is 0. The number of carbonyl (C=O) groups excluding carboxylic acids is 2. The van der Waals surface area contributed by atoms with Crippen molar-refractivity contribution >= 4 is 12.1 Å². The Morgan fingerprint density at radius 1 is 0.929 bits per heavy atom. The van der Waals surface area contributed by atoms with Crippen LogP contribution in [0, 0.1) is 0 Å². The second-order valence-electron chi connectivity index (χ2n) is 6.14. The highest BCUT2D eigenvalue weighted by Gasteiger charge is 2.22. The van der Waals surface area contributed by atoms with E-state index in [4.69, 9.17) is 9.15 Å². The molecule has 0 saturated heterocycles. The Morgan fingerprint density at radius 3 is 2.21 bits per heavy atom. The summed E-state index contributed by atoms with van der Waals surface area (Å²) in [6.07, 6.45) is -0.0872. The van der Waals surface area contributed by atoms with Gasteiger partial charge in [0.05, 0.1) is 13.2 Å². The zero-order valence-corrected chi connectivity index (χ0v) is 15.5. The fourth-order valence-corrected chi connectivity index (χ4v) is 2.73. The van der Waals surface area contributed by atoms with E-state index in [0.29, 0.717) is 12.2 Å². The first kappa shape index (κ1) is 19.2. The van der Waals surface area contributed by atoms with Crippen molar-refractivity contribution in [1.82, 2.24) is 5.32 Å². The summed E-state index contributed by atoms with van der Waals surface area (Å²) < 4.78 is 15.6. The zero-order valence-electron chi connectivity index (χ0n) is 15.5. The molecule has 1 aromatic heterocycles. The van der Waals surface area contributed by atoms with Crippen LogP contribution in [0.4, 0.5) is 4.79 Å². The molecule has 0 spiro atoms. The molecule has 0 unspecified atom stereocenters. The molecule has 0 saturated carbocycles. The van der Waals surface area contributed by atoms with Crippen LogP contribution in [0.2, 0.25) is 0 Å². The lowest BCUT2D eigenvalue weighted by atomic mass is 10.0. The van der Waals surface area contributed by atoms with Crippen molar-refractivity contribution in [2.24, 2.45) is 0 Å². The van der Waals surface area contributed by atoms with Crippen molar-refractivity contribution in [2.45, 2.75) is 19.1 Å².